The Kier molecular flexibility index (Phi) is 7.84. The Hall–Kier alpha value is -3.12. The second-order valence-corrected chi connectivity index (χ2v) is 7.42. The molecule has 31 heavy (non-hydrogen) atoms. The number of carbonyl (C=O) groups excluding carboxylic acids is 2. The Morgan fingerprint density at radius 3 is 2.61 bits per heavy atom. The van der Waals surface area contributed by atoms with E-state index in [0.717, 1.165) is 11.1 Å². The summed E-state index contributed by atoms with van der Waals surface area (Å²) in [6.07, 6.45) is 1.35. The predicted molar refractivity (Wildman–Crippen MR) is 118 cm³/mol. The molecule has 164 valence electrons. The molecule has 0 saturated carbocycles. The predicted octanol–water partition coefficient (Wildman–Crippen LogP) is 4.02. The molecule has 6 nitrogen and oxygen atoms in total. The van der Waals surface area contributed by atoms with E-state index in [1.807, 2.05) is 61.5 Å². The quantitative estimate of drug-likeness (QED) is 0.553. The molecule has 2 aromatic rings. The number of methoxy groups -OCH3 is 1. The van der Waals surface area contributed by atoms with Crippen molar-refractivity contribution < 1.29 is 24.2 Å². The van der Waals surface area contributed by atoms with Crippen LogP contribution in [0.2, 0.25) is 0 Å². The van der Waals surface area contributed by atoms with Gasteiger partial charge in [0, 0.05) is 26.7 Å². The first-order chi connectivity index (χ1) is 15.1. The summed E-state index contributed by atoms with van der Waals surface area (Å²) >= 11 is 0. The van der Waals surface area contributed by atoms with E-state index in [-0.39, 0.29) is 17.8 Å². The first-order valence-corrected chi connectivity index (χ1v) is 10.6. The lowest BCUT2D eigenvalue weighted by atomic mass is 9.93. The minimum atomic E-state index is -0.645. The van der Waals surface area contributed by atoms with Crippen molar-refractivity contribution in [2.24, 2.45) is 0 Å². The zero-order valence-corrected chi connectivity index (χ0v) is 18.0. The van der Waals surface area contributed by atoms with Crippen LogP contribution >= 0.6 is 0 Å². The number of hydrogen-bond acceptors (Lipinski definition) is 5. The van der Waals surface area contributed by atoms with E-state index >= 15 is 0 Å². The topological polar surface area (TPSA) is 76.1 Å². The molecule has 0 bridgehead atoms. The normalized spacial score (nSPS) is 16.1. The fourth-order valence-corrected chi connectivity index (χ4v) is 3.87. The minimum Gasteiger partial charge on any atom is -0.503 e. The Morgan fingerprint density at radius 1 is 1.13 bits per heavy atom. The smallest absolute Gasteiger partial charge is 0.290 e. The van der Waals surface area contributed by atoms with Crippen LogP contribution < -0.4 is 4.74 Å². The van der Waals surface area contributed by atoms with Gasteiger partial charge in [0.15, 0.2) is 11.5 Å². The zero-order chi connectivity index (χ0) is 22.2. The largest absolute Gasteiger partial charge is 0.503 e. The minimum absolute atomic E-state index is 0.159. The van der Waals surface area contributed by atoms with Crippen molar-refractivity contribution >= 4 is 11.7 Å². The maximum absolute atomic E-state index is 13.2. The summed E-state index contributed by atoms with van der Waals surface area (Å²) in [5.41, 5.74) is 1.93. The molecule has 1 aliphatic heterocycles. The molecule has 0 aliphatic carbocycles. The molecule has 1 aliphatic rings. The summed E-state index contributed by atoms with van der Waals surface area (Å²) in [6, 6.07) is 16.4. The van der Waals surface area contributed by atoms with Crippen molar-refractivity contribution in [1.82, 2.24) is 4.90 Å². The van der Waals surface area contributed by atoms with Crippen LogP contribution in [-0.2, 0) is 20.7 Å². The van der Waals surface area contributed by atoms with Gasteiger partial charge in [0.2, 0.25) is 0 Å². The van der Waals surface area contributed by atoms with Gasteiger partial charge >= 0.3 is 0 Å². The van der Waals surface area contributed by atoms with Crippen molar-refractivity contribution in [1.29, 1.82) is 0 Å². The number of carbonyl (C=O) groups is 2. The lowest BCUT2D eigenvalue weighted by molar-refractivity contribution is -0.129. The van der Waals surface area contributed by atoms with E-state index in [1.54, 1.807) is 12.0 Å². The maximum atomic E-state index is 13.2. The molecule has 3 rings (SSSR count). The van der Waals surface area contributed by atoms with Crippen molar-refractivity contribution in [2.75, 3.05) is 26.9 Å². The van der Waals surface area contributed by atoms with Gasteiger partial charge in [-0.05, 0) is 43.0 Å². The van der Waals surface area contributed by atoms with Crippen LogP contribution in [0.4, 0.5) is 0 Å². The number of hydrogen-bond donors (Lipinski definition) is 1. The first-order valence-electron chi connectivity index (χ1n) is 10.6. The summed E-state index contributed by atoms with van der Waals surface area (Å²) in [6.45, 7) is 3.25. The molecule has 2 aromatic carbocycles. The van der Waals surface area contributed by atoms with Crippen LogP contribution in [-0.4, -0.2) is 48.6 Å². The van der Waals surface area contributed by atoms with Gasteiger partial charge in [0.1, 0.15) is 5.75 Å². The zero-order valence-electron chi connectivity index (χ0n) is 18.0. The summed E-state index contributed by atoms with van der Waals surface area (Å²) in [5, 5.41) is 10.7. The highest BCUT2D eigenvalue weighted by atomic mass is 16.5. The lowest BCUT2D eigenvalue weighted by Crippen LogP contribution is -2.32. The van der Waals surface area contributed by atoms with E-state index < -0.39 is 17.7 Å². The third-order valence-corrected chi connectivity index (χ3v) is 5.32. The first kappa shape index (κ1) is 22.6. The molecular weight excluding hydrogens is 394 g/mol. The molecule has 0 fully saturated rings. The van der Waals surface area contributed by atoms with Gasteiger partial charge in [0.05, 0.1) is 18.2 Å². The van der Waals surface area contributed by atoms with Crippen LogP contribution in [0.3, 0.4) is 0 Å². The number of ketones is 1. The number of aliphatic hydroxyl groups is 1. The van der Waals surface area contributed by atoms with Gasteiger partial charge in [-0.2, -0.15) is 0 Å². The molecule has 0 saturated heterocycles. The third kappa shape index (κ3) is 5.33. The molecule has 1 heterocycles. The molecule has 0 spiro atoms. The van der Waals surface area contributed by atoms with Gasteiger partial charge in [-0.25, -0.2) is 0 Å². The molecule has 6 heteroatoms. The van der Waals surface area contributed by atoms with E-state index in [4.69, 9.17) is 9.47 Å². The Balaban J connectivity index is 1.90. The fraction of sp³-hybridized carbons (Fsp3) is 0.360. The molecule has 0 aromatic heterocycles. The van der Waals surface area contributed by atoms with Gasteiger partial charge in [-0.1, -0.05) is 42.5 Å². The Bertz CT molecular complexity index is 938. The average Bonchev–Trinajstić information content (AvgIpc) is 3.04. The number of ether oxygens (including phenoxy) is 2. The number of aryl methyl sites for hydroxylation is 1. The van der Waals surface area contributed by atoms with Gasteiger partial charge in [-0.3, -0.25) is 9.59 Å². The molecular formula is C25H29NO5. The molecule has 0 radical (unpaired) electrons. The second kappa shape index (κ2) is 10.8. The standard InChI is InChI=1S/C25H29NO5/c1-3-31-20-12-7-11-19(17-20)23-22(21(27)14-13-18-9-5-4-6-10-18)24(28)25(29)26(23)15-8-16-30-2/h4-7,9-12,17,23,28H,3,8,13-16H2,1-2H3. The van der Waals surface area contributed by atoms with Gasteiger partial charge in [-0.15, -0.1) is 0 Å². The van der Waals surface area contributed by atoms with Crippen molar-refractivity contribution in [2.45, 2.75) is 32.2 Å². The molecule has 1 N–H and O–H groups in total. The second-order valence-electron chi connectivity index (χ2n) is 7.42. The summed E-state index contributed by atoms with van der Waals surface area (Å²) in [5.74, 6) is -0.546. The monoisotopic (exact) mass is 423 g/mol. The number of rotatable bonds is 11. The van der Waals surface area contributed by atoms with Crippen LogP contribution in [0, 0.1) is 0 Å². The molecule has 1 unspecified atom stereocenters. The maximum Gasteiger partial charge on any atom is 0.290 e. The van der Waals surface area contributed by atoms with Crippen molar-refractivity contribution in [3.8, 4) is 5.75 Å². The highest BCUT2D eigenvalue weighted by molar-refractivity contribution is 6.09. The fourth-order valence-electron chi connectivity index (χ4n) is 3.87. The van der Waals surface area contributed by atoms with Gasteiger partial charge in [0.25, 0.3) is 5.91 Å². The lowest BCUT2D eigenvalue weighted by Gasteiger charge is -2.27. The third-order valence-electron chi connectivity index (χ3n) is 5.32. The molecule has 1 atom stereocenters. The number of benzene rings is 2. The number of aliphatic hydroxyl groups excluding tert-OH is 1. The van der Waals surface area contributed by atoms with Crippen LogP contribution in [0.15, 0.2) is 65.9 Å². The van der Waals surface area contributed by atoms with E-state index in [1.165, 1.54) is 0 Å². The van der Waals surface area contributed by atoms with E-state index in [0.29, 0.717) is 38.3 Å². The highest BCUT2D eigenvalue weighted by Crippen LogP contribution is 2.39. The number of nitrogens with zero attached hydrogens (tertiary/aromatic N) is 1. The Labute approximate surface area is 183 Å². The highest BCUT2D eigenvalue weighted by Gasteiger charge is 2.43. The summed E-state index contributed by atoms with van der Waals surface area (Å²) in [4.78, 5) is 27.6. The van der Waals surface area contributed by atoms with Crippen molar-refractivity contribution in [3.05, 3.63) is 77.1 Å². The van der Waals surface area contributed by atoms with Gasteiger partial charge < -0.3 is 19.5 Å². The van der Waals surface area contributed by atoms with E-state index in [9.17, 15) is 14.7 Å². The number of amides is 1. The summed E-state index contributed by atoms with van der Waals surface area (Å²) < 4.78 is 10.7. The Morgan fingerprint density at radius 2 is 1.90 bits per heavy atom. The number of Topliss-reactive ketones (excluding diaryl/α,β-unsaturated/α-hetero) is 1. The van der Waals surface area contributed by atoms with Crippen LogP contribution in [0.25, 0.3) is 0 Å². The van der Waals surface area contributed by atoms with Crippen molar-refractivity contribution in [3.63, 3.8) is 0 Å². The van der Waals surface area contributed by atoms with E-state index in [2.05, 4.69) is 0 Å². The molecule has 1 amide bonds. The SMILES string of the molecule is CCOc1cccc(C2C(C(=O)CCc3ccccc3)=C(O)C(=O)N2CCCOC)c1. The summed E-state index contributed by atoms with van der Waals surface area (Å²) in [7, 11) is 1.60. The van der Waals surface area contributed by atoms with Crippen LogP contribution in [0.5, 0.6) is 5.75 Å². The average molecular weight is 424 g/mol. The van der Waals surface area contributed by atoms with Crippen LogP contribution in [0.1, 0.15) is 36.9 Å².